The molecule has 0 bridgehead atoms. The Kier molecular flexibility index (Phi) is 2.98. The van der Waals surface area contributed by atoms with Gasteiger partial charge in [-0.05, 0) is 36.5 Å². The number of rotatable bonds is 1. The lowest BCUT2D eigenvalue weighted by Crippen LogP contribution is -2.25. The minimum Gasteiger partial charge on any atom is -0.0625 e. The Hall–Kier alpha value is 0. The van der Waals surface area contributed by atoms with Crippen LogP contribution in [0.15, 0.2) is 0 Å². The van der Waals surface area contributed by atoms with Gasteiger partial charge in [0.1, 0.15) is 0 Å². The van der Waals surface area contributed by atoms with Crippen molar-refractivity contribution in [3.8, 4) is 0 Å². The molecule has 1 unspecified atom stereocenters. The second kappa shape index (κ2) is 3.60. The van der Waals surface area contributed by atoms with Crippen LogP contribution in [0.3, 0.4) is 0 Å². The van der Waals surface area contributed by atoms with E-state index >= 15 is 0 Å². The summed E-state index contributed by atoms with van der Waals surface area (Å²) < 4.78 is 0. The summed E-state index contributed by atoms with van der Waals surface area (Å²) in [5, 5.41) is 0. The van der Waals surface area contributed by atoms with Gasteiger partial charge in [-0.25, -0.2) is 0 Å². The Balaban J connectivity index is 2.44. The van der Waals surface area contributed by atoms with Gasteiger partial charge in [0, 0.05) is 0 Å². The Bertz CT molecular complexity index is 115. The first-order valence-electron chi connectivity index (χ1n) is 5.11. The molecule has 0 aliphatic heterocycles. The van der Waals surface area contributed by atoms with Crippen molar-refractivity contribution in [2.24, 2.45) is 23.7 Å². The zero-order valence-electron chi connectivity index (χ0n) is 8.43. The minimum atomic E-state index is 0.900. The molecular formula is C11H22. The summed E-state index contributed by atoms with van der Waals surface area (Å²) in [5.41, 5.74) is 0. The predicted octanol–water partition coefficient (Wildman–Crippen LogP) is 3.71. The predicted molar refractivity (Wildman–Crippen MR) is 50.5 cm³/mol. The smallest absolute Gasteiger partial charge is 0.0365 e. The summed E-state index contributed by atoms with van der Waals surface area (Å²) in [5.74, 6) is 3.86. The molecule has 0 saturated heterocycles. The molecule has 3 atom stereocenters. The molecule has 1 saturated carbocycles. The normalized spacial score (nSPS) is 39.5. The fraction of sp³-hybridized carbons (Fsp3) is 1.00. The van der Waals surface area contributed by atoms with Gasteiger partial charge in [-0.3, -0.25) is 0 Å². The molecule has 0 aromatic heterocycles. The third-order valence-electron chi connectivity index (χ3n) is 3.35. The van der Waals surface area contributed by atoms with Crippen LogP contribution in [0.4, 0.5) is 0 Å². The molecule has 1 fully saturated rings. The Morgan fingerprint density at radius 1 is 1.09 bits per heavy atom. The molecule has 0 N–H and O–H groups in total. The summed E-state index contributed by atoms with van der Waals surface area (Å²) in [6.45, 7) is 9.57. The highest BCUT2D eigenvalue weighted by Gasteiger charge is 2.26. The van der Waals surface area contributed by atoms with Crippen molar-refractivity contribution in [1.82, 2.24) is 0 Å². The van der Waals surface area contributed by atoms with E-state index in [0.29, 0.717) is 0 Å². The van der Waals surface area contributed by atoms with E-state index in [4.69, 9.17) is 0 Å². The molecule has 0 spiro atoms. The van der Waals surface area contributed by atoms with Crippen LogP contribution >= 0.6 is 0 Å². The van der Waals surface area contributed by atoms with Crippen LogP contribution in [-0.4, -0.2) is 0 Å². The third kappa shape index (κ3) is 2.21. The van der Waals surface area contributed by atoms with Crippen LogP contribution in [0.2, 0.25) is 0 Å². The topological polar surface area (TPSA) is 0 Å². The summed E-state index contributed by atoms with van der Waals surface area (Å²) >= 11 is 0. The summed E-state index contributed by atoms with van der Waals surface area (Å²) in [4.78, 5) is 0. The van der Waals surface area contributed by atoms with Crippen LogP contribution < -0.4 is 0 Å². The van der Waals surface area contributed by atoms with E-state index in [1.807, 2.05) is 0 Å². The zero-order chi connectivity index (χ0) is 8.43. The Morgan fingerprint density at radius 3 is 2.18 bits per heavy atom. The maximum Gasteiger partial charge on any atom is -0.0365 e. The zero-order valence-corrected chi connectivity index (χ0v) is 8.43. The lowest BCUT2D eigenvalue weighted by Gasteiger charge is -2.35. The maximum absolute atomic E-state index is 2.43. The van der Waals surface area contributed by atoms with Gasteiger partial charge < -0.3 is 0 Å². The van der Waals surface area contributed by atoms with E-state index in [1.165, 1.54) is 19.3 Å². The van der Waals surface area contributed by atoms with Gasteiger partial charge >= 0.3 is 0 Å². The van der Waals surface area contributed by atoms with Crippen molar-refractivity contribution in [1.29, 1.82) is 0 Å². The lowest BCUT2D eigenvalue weighted by molar-refractivity contribution is 0.158. The van der Waals surface area contributed by atoms with Gasteiger partial charge in [0.05, 0.1) is 0 Å². The molecule has 0 nitrogen and oxygen atoms in total. The van der Waals surface area contributed by atoms with E-state index < -0.39 is 0 Å². The van der Waals surface area contributed by atoms with E-state index in [2.05, 4.69) is 27.7 Å². The highest BCUT2D eigenvalue weighted by atomic mass is 14.3. The number of hydrogen-bond acceptors (Lipinski definition) is 0. The molecule has 0 heterocycles. The molecule has 66 valence electrons. The van der Waals surface area contributed by atoms with Crippen LogP contribution in [0.1, 0.15) is 47.0 Å². The van der Waals surface area contributed by atoms with Crippen LogP contribution in [-0.2, 0) is 0 Å². The van der Waals surface area contributed by atoms with Gasteiger partial charge in [-0.1, -0.05) is 34.1 Å². The van der Waals surface area contributed by atoms with Gasteiger partial charge in [-0.15, -0.1) is 0 Å². The minimum absolute atomic E-state index is 0.900. The summed E-state index contributed by atoms with van der Waals surface area (Å²) in [6.07, 6.45) is 4.40. The van der Waals surface area contributed by atoms with Crippen LogP contribution in [0, 0.1) is 23.7 Å². The molecule has 0 aromatic rings. The monoisotopic (exact) mass is 154 g/mol. The average Bonchev–Trinajstić information content (AvgIpc) is 1.85. The SMILES string of the molecule is CC(C)C1CC[C@@H](C)C[C@@H]1C. The largest absolute Gasteiger partial charge is 0.0625 e. The maximum atomic E-state index is 2.43. The molecular weight excluding hydrogens is 132 g/mol. The van der Waals surface area contributed by atoms with Crippen molar-refractivity contribution in [2.45, 2.75) is 47.0 Å². The summed E-state index contributed by atoms with van der Waals surface area (Å²) in [6, 6.07) is 0. The molecule has 11 heavy (non-hydrogen) atoms. The highest BCUT2D eigenvalue weighted by molar-refractivity contribution is 4.77. The molecule has 1 rings (SSSR count). The quantitative estimate of drug-likeness (QED) is 0.540. The van der Waals surface area contributed by atoms with Gasteiger partial charge in [-0.2, -0.15) is 0 Å². The second-order valence-corrected chi connectivity index (χ2v) is 4.80. The van der Waals surface area contributed by atoms with Gasteiger partial charge in [0.2, 0.25) is 0 Å². The van der Waals surface area contributed by atoms with E-state index in [1.54, 1.807) is 0 Å². The Morgan fingerprint density at radius 2 is 1.73 bits per heavy atom. The van der Waals surface area contributed by atoms with Crippen molar-refractivity contribution in [3.63, 3.8) is 0 Å². The fourth-order valence-electron chi connectivity index (χ4n) is 2.68. The first kappa shape index (κ1) is 9.09. The highest BCUT2D eigenvalue weighted by Crippen LogP contribution is 2.37. The second-order valence-electron chi connectivity index (χ2n) is 4.80. The van der Waals surface area contributed by atoms with Crippen molar-refractivity contribution >= 4 is 0 Å². The summed E-state index contributed by atoms with van der Waals surface area (Å²) in [7, 11) is 0. The molecule has 1 aliphatic carbocycles. The standard InChI is InChI=1S/C11H22/c1-8(2)11-6-5-9(3)7-10(11)4/h8-11H,5-7H2,1-4H3/t9-,10+,11?/m1/s1. The molecule has 0 heteroatoms. The van der Waals surface area contributed by atoms with Crippen molar-refractivity contribution in [3.05, 3.63) is 0 Å². The molecule has 1 aliphatic rings. The van der Waals surface area contributed by atoms with Gasteiger partial charge in [0.25, 0.3) is 0 Å². The van der Waals surface area contributed by atoms with Crippen LogP contribution in [0.25, 0.3) is 0 Å². The van der Waals surface area contributed by atoms with Gasteiger partial charge in [0.15, 0.2) is 0 Å². The van der Waals surface area contributed by atoms with Crippen LogP contribution in [0.5, 0.6) is 0 Å². The third-order valence-corrected chi connectivity index (χ3v) is 3.35. The van der Waals surface area contributed by atoms with E-state index in [9.17, 15) is 0 Å². The number of hydrogen-bond donors (Lipinski definition) is 0. The molecule has 0 radical (unpaired) electrons. The Labute approximate surface area is 71.4 Å². The lowest BCUT2D eigenvalue weighted by atomic mass is 9.71. The first-order valence-corrected chi connectivity index (χ1v) is 5.11. The van der Waals surface area contributed by atoms with E-state index in [-0.39, 0.29) is 0 Å². The molecule has 0 amide bonds. The van der Waals surface area contributed by atoms with Crippen molar-refractivity contribution in [2.75, 3.05) is 0 Å². The fourth-order valence-corrected chi connectivity index (χ4v) is 2.68. The first-order chi connectivity index (χ1) is 5.11. The average molecular weight is 154 g/mol. The van der Waals surface area contributed by atoms with Crippen molar-refractivity contribution < 1.29 is 0 Å². The van der Waals surface area contributed by atoms with E-state index in [0.717, 1.165) is 23.7 Å². The molecule has 0 aromatic carbocycles.